The van der Waals surface area contributed by atoms with E-state index in [1.165, 1.54) is 23.1 Å². The third kappa shape index (κ3) is 3.58. The van der Waals surface area contributed by atoms with Crippen LogP contribution in [0, 0.1) is 0 Å². The van der Waals surface area contributed by atoms with Gasteiger partial charge in [-0.1, -0.05) is 11.6 Å². The number of carbonyl (C=O) groups excluding carboxylic acids is 1. The third-order valence-electron chi connectivity index (χ3n) is 1.91. The zero-order valence-corrected chi connectivity index (χ0v) is 10.8. The third-order valence-corrected chi connectivity index (χ3v) is 3.15. The van der Waals surface area contributed by atoms with Gasteiger partial charge in [0.25, 0.3) is 0 Å². The Hall–Kier alpha value is -1.31. The van der Waals surface area contributed by atoms with Crippen LogP contribution in [0.1, 0.15) is 0 Å². The monoisotopic (exact) mass is 277 g/mol. The van der Waals surface area contributed by atoms with Gasteiger partial charge in [-0.3, -0.25) is 0 Å². The molecule has 0 atom stereocenters. The van der Waals surface area contributed by atoms with E-state index in [1.807, 2.05) is 0 Å². The summed E-state index contributed by atoms with van der Waals surface area (Å²) < 4.78 is 22.3. The first-order valence-corrected chi connectivity index (χ1v) is 6.45. The van der Waals surface area contributed by atoms with E-state index >= 15 is 0 Å². The van der Waals surface area contributed by atoms with Crippen LogP contribution in [0.4, 0.5) is 10.5 Å². The molecule has 3 N–H and O–H groups in total. The van der Waals surface area contributed by atoms with Crippen LogP contribution in [0.5, 0.6) is 0 Å². The molecule has 1 aromatic rings. The molecule has 6 nitrogen and oxygen atoms in total. The van der Waals surface area contributed by atoms with E-state index in [4.69, 9.17) is 16.7 Å². The second-order valence-electron chi connectivity index (χ2n) is 3.51. The van der Waals surface area contributed by atoms with Crippen molar-refractivity contribution in [2.45, 2.75) is 4.90 Å². The molecule has 0 fully saturated rings. The number of amides is 2. The fraction of sp³-hybridized carbons (Fsp3) is 0.222. The number of nitrogens with two attached hydrogens (primary N) is 1. The zero-order valence-electron chi connectivity index (χ0n) is 9.27. The molecule has 17 heavy (non-hydrogen) atoms. The number of anilines is 1. The Kier molecular flexibility index (Phi) is 3.97. The maximum atomic E-state index is 11.4. The van der Waals surface area contributed by atoms with Crippen molar-refractivity contribution < 1.29 is 13.2 Å². The lowest BCUT2D eigenvalue weighted by Gasteiger charge is -2.13. The summed E-state index contributed by atoms with van der Waals surface area (Å²) in [6.07, 6.45) is 0. The van der Waals surface area contributed by atoms with Crippen molar-refractivity contribution >= 4 is 33.3 Å². The Balaban J connectivity index is 3.12. The topological polar surface area (TPSA) is 92.5 Å². The molecule has 2 amide bonds. The molecule has 0 radical (unpaired) electrons. The molecule has 94 valence electrons. The van der Waals surface area contributed by atoms with Gasteiger partial charge in [-0.05, 0) is 18.2 Å². The smallest absolute Gasteiger partial charge is 0.321 e. The maximum absolute atomic E-state index is 11.4. The van der Waals surface area contributed by atoms with Crippen LogP contribution in [0.2, 0.25) is 5.02 Å². The molecule has 0 spiro atoms. The van der Waals surface area contributed by atoms with E-state index in [0.29, 0.717) is 0 Å². The van der Waals surface area contributed by atoms with E-state index in [1.54, 1.807) is 14.1 Å². The number of carbonyl (C=O) groups is 1. The number of benzene rings is 1. The fourth-order valence-electron chi connectivity index (χ4n) is 1.00. The fourth-order valence-corrected chi connectivity index (χ4v) is 1.71. The number of nitrogens with zero attached hydrogens (tertiary/aromatic N) is 1. The van der Waals surface area contributed by atoms with Crippen LogP contribution in [0.15, 0.2) is 23.1 Å². The van der Waals surface area contributed by atoms with Crippen molar-refractivity contribution in [1.82, 2.24) is 4.90 Å². The van der Waals surface area contributed by atoms with Crippen LogP contribution in [-0.2, 0) is 10.0 Å². The molecular formula is C9H12ClN3O3S. The number of sulfonamides is 1. The molecule has 1 rings (SSSR count). The van der Waals surface area contributed by atoms with E-state index in [0.717, 1.165) is 0 Å². The van der Waals surface area contributed by atoms with Crippen LogP contribution in [0.25, 0.3) is 0 Å². The van der Waals surface area contributed by atoms with Gasteiger partial charge >= 0.3 is 6.03 Å². The second-order valence-corrected chi connectivity index (χ2v) is 5.48. The molecule has 1 aromatic carbocycles. The van der Waals surface area contributed by atoms with Crippen molar-refractivity contribution in [2.24, 2.45) is 5.14 Å². The quantitative estimate of drug-likeness (QED) is 0.847. The molecule has 0 aromatic heterocycles. The lowest BCUT2D eigenvalue weighted by molar-refractivity contribution is 0.230. The molecule has 0 bridgehead atoms. The van der Waals surface area contributed by atoms with Gasteiger partial charge in [0.15, 0.2) is 0 Å². The Labute approximate surface area is 104 Å². The molecule has 0 saturated heterocycles. The number of nitrogens with one attached hydrogen (secondary N) is 1. The molecule has 0 heterocycles. The number of hydrogen-bond acceptors (Lipinski definition) is 3. The van der Waals surface area contributed by atoms with Gasteiger partial charge in [0.1, 0.15) is 0 Å². The molecule has 0 aliphatic rings. The number of urea groups is 1. The van der Waals surface area contributed by atoms with Gasteiger partial charge in [0.2, 0.25) is 10.0 Å². The van der Waals surface area contributed by atoms with Crippen LogP contribution < -0.4 is 10.5 Å². The molecule has 0 aliphatic carbocycles. The predicted octanol–water partition coefficient (Wildman–Crippen LogP) is 1.08. The number of halogens is 1. The van der Waals surface area contributed by atoms with Crippen LogP contribution >= 0.6 is 11.6 Å². The first-order valence-electron chi connectivity index (χ1n) is 4.52. The first kappa shape index (κ1) is 13.8. The van der Waals surface area contributed by atoms with E-state index in [2.05, 4.69) is 5.32 Å². The highest BCUT2D eigenvalue weighted by Gasteiger charge is 2.13. The van der Waals surface area contributed by atoms with Crippen molar-refractivity contribution in [1.29, 1.82) is 0 Å². The number of hydrogen-bond donors (Lipinski definition) is 2. The standard InChI is InChI=1S/C9H12ClN3O3S/c1-13(2)9(14)12-8-5-6(17(11,15)16)3-4-7(8)10/h3-5H,1-2H3,(H,12,14)(H2,11,15,16). The Bertz CT molecular complexity index is 542. The SMILES string of the molecule is CN(C)C(=O)Nc1cc(S(N)(=O)=O)ccc1Cl. The van der Waals surface area contributed by atoms with E-state index in [-0.39, 0.29) is 15.6 Å². The highest BCUT2D eigenvalue weighted by molar-refractivity contribution is 7.89. The molecule has 0 aliphatic heterocycles. The summed E-state index contributed by atoms with van der Waals surface area (Å²) in [6, 6.07) is 3.41. The first-order chi connectivity index (χ1) is 7.71. The van der Waals surface area contributed by atoms with Crippen LogP contribution in [-0.4, -0.2) is 33.4 Å². The minimum absolute atomic E-state index is 0.115. The van der Waals surface area contributed by atoms with Crippen LogP contribution in [0.3, 0.4) is 0 Å². The lowest BCUT2D eigenvalue weighted by atomic mass is 10.3. The molecule has 0 saturated carbocycles. The highest BCUT2D eigenvalue weighted by Crippen LogP contribution is 2.24. The Morgan fingerprint density at radius 3 is 2.47 bits per heavy atom. The largest absolute Gasteiger partial charge is 0.331 e. The minimum atomic E-state index is -3.82. The van der Waals surface area contributed by atoms with E-state index in [9.17, 15) is 13.2 Å². The molecule has 8 heteroatoms. The lowest BCUT2D eigenvalue weighted by Crippen LogP contribution is -2.27. The summed E-state index contributed by atoms with van der Waals surface area (Å²) in [4.78, 5) is 12.6. The molecular weight excluding hydrogens is 266 g/mol. The van der Waals surface area contributed by atoms with Crippen molar-refractivity contribution in [3.05, 3.63) is 23.2 Å². The summed E-state index contributed by atoms with van der Waals surface area (Å²) in [5.74, 6) is 0. The summed E-state index contributed by atoms with van der Waals surface area (Å²) in [7, 11) is -0.725. The minimum Gasteiger partial charge on any atom is -0.331 e. The summed E-state index contributed by atoms with van der Waals surface area (Å²) in [5, 5.41) is 7.66. The van der Waals surface area contributed by atoms with Gasteiger partial charge in [0, 0.05) is 14.1 Å². The predicted molar refractivity (Wildman–Crippen MR) is 65.5 cm³/mol. The summed E-state index contributed by atoms with van der Waals surface area (Å²) >= 11 is 5.83. The van der Waals surface area contributed by atoms with Crippen molar-refractivity contribution in [3.8, 4) is 0 Å². The highest BCUT2D eigenvalue weighted by atomic mass is 35.5. The van der Waals surface area contributed by atoms with Crippen molar-refractivity contribution in [2.75, 3.05) is 19.4 Å². The van der Waals surface area contributed by atoms with Gasteiger partial charge in [-0.25, -0.2) is 18.4 Å². The average molecular weight is 278 g/mol. The van der Waals surface area contributed by atoms with Crippen molar-refractivity contribution in [3.63, 3.8) is 0 Å². The van der Waals surface area contributed by atoms with Gasteiger partial charge in [-0.2, -0.15) is 0 Å². The Morgan fingerprint density at radius 2 is 2.00 bits per heavy atom. The molecule has 0 unspecified atom stereocenters. The average Bonchev–Trinajstić information content (AvgIpc) is 2.19. The van der Waals surface area contributed by atoms with E-state index < -0.39 is 16.1 Å². The zero-order chi connectivity index (χ0) is 13.2. The normalized spacial score (nSPS) is 11.1. The Morgan fingerprint density at radius 1 is 1.41 bits per heavy atom. The maximum Gasteiger partial charge on any atom is 0.321 e. The summed E-state index contributed by atoms with van der Waals surface area (Å²) in [5.41, 5.74) is 0.192. The van der Waals surface area contributed by atoms with Gasteiger partial charge < -0.3 is 10.2 Å². The van der Waals surface area contributed by atoms with Gasteiger partial charge in [0.05, 0.1) is 15.6 Å². The summed E-state index contributed by atoms with van der Waals surface area (Å²) in [6.45, 7) is 0. The number of primary sulfonamides is 1. The second kappa shape index (κ2) is 4.91. The van der Waals surface area contributed by atoms with Gasteiger partial charge in [-0.15, -0.1) is 0 Å². The number of rotatable bonds is 2.